The lowest BCUT2D eigenvalue weighted by Crippen LogP contribution is -2.14. The molecule has 0 fully saturated rings. The average Bonchev–Trinajstić information content (AvgIpc) is 2.41. The van der Waals surface area contributed by atoms with Gasteiger partial charge >= 0.3 is 0 Å². The van der Waals surface area contributed by atoms with Crippen LogP contribution in [0.4, 0.5) is 0 Å². The predicted molar refractivity (Wildman–Crippen MR) is 68.3 cm³/mol. The summed E-state index contributed by atoms with van der Waals surface area (Å²) in [6.45, 7) is 0. The molecule has 1 heterocycles. The molecule has 3 N–H and O–H groups in total. The number of hydrogen-bond acceptors (Lipinski definition) is 4. The summed E-state index contributed by atoms with van der Waals surface area (Å²) >= 11 is 5.98. The molecule has 5 nitrogen and oxygen atoms in total. The van der Waals surface area contributed by atoms with Crippen molar-refractivity contribution in [3.05, 3.63) is 53.3 Å². The van der Waals surface area contributed by atoms with Crippen LogP contribution in [0.5, 0.6) is 11.5 Å². The van der Waals surface area contributed by atoms with Gasteiger partial charge in [-0.15, -0.1) is 0 Å². The fourth-order valence-electron chi connectivity index (χ4n) is 1.37. The van der Waals surface area contributed by atoms with E-state index in [1.165, 1.54) is 12.4 Å². The first kappa shape index (κ1) is 12.2. The van der Waals surface area contributed by atoms with Crippen molar-refractivity contribution in [2.45, 2.75) is 0 Å². The van der Waals surface area contributed by atoms with Gasteiger partial charge in [0.2, 0.25) is 0 Å². The van der Waals surface area contributed by atoms with Crippen LogP contribution in [0.1, 0.15) is 5.56 Å². The molecule has 92 valence electrons. The maximum Gasteiger partial charge on any atom is 0.173 e. The zero-order valence-electron chi connectivity index (χ0n) is 9.25. The molecule has 18 heavy (non-hydrogen) atoms. The van der Waals surface area contributed by atoms with Gasteiger partial charge in [0.1, 0.15) is 5.75 Å². The normalized spacial score (nSPS) is 11.3. The number of pyridine rings is 1. The maximum atomic E-state index is 8.69. The number of para-hydroxylation sites is 1. The molecule has 6 heteroatoms. The Morgan fingerprint density at radius 3 is 2.78 bits per heavy atom. The molecule has 2 rings (SSSR count). The van der Waals surface area contributed by atoms with E-state index in [2.05, 4.69) is 10.1 Å². The fourth-order valence-corrected chi connectivity index (χ4v) is 1.55. The van der Waals surface area contributed by atoms with Crippen LogP contribution in [-0.4, -0.2) is 16.0 Å². The SMILES string of the molecule is N/C(=N/O)c1ccncc1Oc1ccccc1Cl. The molecule has 1 aromatic carbocycles. The van der Waals surface area contributed by atoms with Crippen molar-refractivity contribution in [1.29, 1.82) is 0 Å². The van der Waals surface area contributed by atoms with E-state index in [4.69, 9.17) is 27.3 Å². The summed E-state index contributed by atoms with van der Waals surface area (Å²) < 4.78 is 5.60. The minimum Gasteiger partial charge on any atom is -0.453 e. The zero-order valence-corrected chi connectivity index (χ0v) is 10.0. The highest BCUT2D eigenvalue weighted by molar-refractivity contribution is 6.32. The van der Waals surface area contributed by atoms with Crippen LogP contribution in [0.25, 0.3) is 0 Å². The molecule has 0 saturated heterocycles. The van der Waals surface area contributed by atoms with Crippen molar-refractivity contribution >= 4 is 17.4 Å². The van der Waals surface area contributed by atoms with Gasteiger partial charge in [-0.25, -0.2) is 0 Å². The van der Waals surface area contributed by atoms with Gasteiger partial charge in [-0.1, -0.05) is 28.9 Å². The lowest BCUT2D eigenvalue weighted by atomic mass is 10.2. The van der Waals surface area contributed by atoms with Gasteiger partial charge in [0.05, 0.1) is 16.8 Å². The highest BCUT2D eigenvalue weighted by Gasteiger charge is 2.10. The van der Waals surface area contributed by atoms with Crippen molar-refractivity contribution in [2.24, 2.45) is 10.9 Å². The highest BCUT2D eigenvalue weighted by atomic mass is 35.5. The lowest BCUT2D eigenvalue weighted by Gasteiger charge is -2.10. The number of nitrogens with two attached hydrogens (primary N) is 1. The molecule has 0 spiro atoms. The first-order chi connectivity index (χ1) is 8.72. The van der Waals surface area contributed by atoms with Crippen molar-refractivity contribution in [1.82, 2.24) is 4.98 Å². The standard InChI is InChI=1S/C12H10ClN3O2/c13-9-3-1-2-4-10(9)18-11-7-15-6-5-8(11)12(14)16-17/h1-7,17H,(H2,14,16). The number of benzene rings is 1. The van der Waals surface area contributed by atoms with E-state index >= 15 is 0 Å². The Morgan fingerprint density at radius 1 is 1.28 bits per heavy atom. The molecule has 0 aliphatic heterocycles. The van der Waals surface area contributed by atoms with Crippen LogP contribution in [0.2, 0.25) is 5.02 Å². The number of halogens is 1. The Labute approximate surface area is 108 Å². The van der Waals surface area contributed by atoms with Crippen LogP contribution in [0, 0.1) is 0 Å². The predicted octanol–water partition coefficient (Wildman–Crippen LogP) is 2.62. The molecule has 0 bridgehead atoms. The Kier molecular flexibility index (Phi) is 3.64. The van der Waals surface area contributed by atoms with Gasteiger partial charge in [-0.05, 0) is 18.2 Å². The molecule has 0 radical (unpaired) electrons. The summed E-state index contributed by atoms with van der Waals surface area (Å²) in [5.41, 5.74) is 5.98. The largest absolute Gasteiger partial charge is 0.453 e. The van der Waals surface area contributed by atoms with Crippen molar-refractivity contribution < 1.29 is 9.94 Å². The van der Waals surface area contributed by atoms with E-state index in [9.17, 15) is 0 Å². The van der Waals surface area contributed by atoms with Crippen LogP contribution in [-0.2, 0) is 0 Å². The summed E-state index contributed by atoms with van der Waals surface area (Å²) in [7, 11) is 0. The molecule has 0 aliphatic carbocycles. The third-order valence-corrected chi connectivity index (χ3v) is 2.54. The number of oxime groups is 1. The molecule has 0 atom stereocenters. The zero-order chi connectivity index (χ0) is 13.0. The Hall–Kier alpha value is -2.27. The Balaban J connectivity index is 2.38. The summed E-state index contributed by atoms with van der Waals surface area (Å²) in [5, 5.41) is 12.1. The molecule has 2 aromatic rings. The molecule has 0 aliphatic rings. The fraction of sp³-hybridized carbons (Fsp3) is 0. The van der Waals surface area contributed by atoms with Crippen molar-refractivity contribution in [3.63, 3.8) is 0 Å². The van der Waals surface area contributed by atoms with Crippen LogP contribution >= 0.6 is 11.6 Å². The van der Waals surface area contributed by atoms with E-state index in [0.717, 1.165) is 0 Å². The molecule has 0 saturated carbocycles. The summed E-state index contributed by atoms with van der Waals surface area (Å²) in [4.78, 5) is 3.93. The first-order valence-electron chi connectivity index (χ1n) is 5.06. The quantitative estimate of drug-likeness (QED) is 0.386. The topological polar surface area (TPSA) is 80.7 Å². The van der Waals surface area contributed by atoms with Gasteiger partial charge in [0.25, 0.3) is 0 Å². The van der Waals surface area contributed by atoms with E-state index in [-0.39, 0.29) is 5.84 Å². The molecular weight excluding hydrogens is 254 g/mol. The van der Waals surface area contributed by atoms with Gasteiger partial charge in [0.15, 0.2) is 11.6 Å². The monoisotopic (exact) mass is 263 g/mol. The number of aromatic nitrogens is 1. The van der Waals surface area contributed by atoms with Crippen LogP contribution in [0.3, 0.4) is 0 Å². The third-order valence-electron chi connectivity index (χ3n) is 2.22. The average molecular weight is 264 g/mol. The number of amidine groups is 1. The summed E-state index contributed by atoms with van der Waals surface area (Å²) in [6.07, 6.45) is 2.99. The number of nitrogens with zero attached hydrogens (tertiary/aromatic N) is 2. The first-order valence-corrected chi connectivity index (χ1v) is 5.44. The van der Waals surface area contributed by atoms with Crippen molar-refractivity contribution in [2.75, 3.05) is 0 Å². The Bertz CT molecular complexity index is 587. The third kappa shape index (κ3) is 2.52. The van der Waals surface area contributed by atoms with Gasteiger partial charge < -0.3 is 15.7 Å². The Morgan fingerprint density at radius 2 is 2.06 bits per heavy atom. The minimum absolute atomic E-state index is 0.0561. The summed E-state index contributed by atoms with van der Waals surface area (Å²) in [5.74, 6) is 0.777. The molecule has 0 unspecified atom stereocenters. The van der Waals surface area contributed by atoms with Gasteiger partial charge in [0, 0.05) is 6.20 Å². The van der Waals surface area contributed by atoms with Gasteiger partial charge in [-0.2, -0.15) is 0 Å². The van der Waals surface area contributed by atoms with E-state index in [1.54, 1.807) is 30.3 Å². The highest BCUT2D eigenvalue weighted by Crippen LogP contribution is 2.30. The second-order valence-corrected chi connectivity index (χ2v) is 3.80. The molecule has 1 aromatic heterocycles. The second-order valence-electron chi connectivity index (χ2n) is 3.39. The molecule has 0 amide bonds. The van der Waals surface area contributed by atoms with Crippen molar-refractivity contribution in [3.8, 4) is 11.5 Å². The number of rotatable bonds is 3. The molecular formula is C12H10ClN3O2. The van der Waals surface area contributed by atoms with Crippen LogP contribution < -0.4 is 10.5 Å². The second kappa shape index (κ2) is 5.37. The van der Waals surface area contributed by atoms with Crippen LogP contribution in [0.15, 0.2) is 47.9 Å². The van der Waals surface area contributed by atoms with Gasteiger partial charge in [-0.3, -0.25) is 4.98 Å². The van der Waals surface area contributed by atoms with E-state index in [1.807, 2.05) is 0 Å². The van der Waals surface area contributed by atoms with E-state index < -0.39 is 0 Å². The van der Waals surface area contributed by atoms with E-state index in [0.29, 0.717) is 22.1 Å². The minimum atomic E-state index is -0.0561. The smallest absolute Gasteiger partial charge is 0.173 e. The number of ether oxygens (including phenoxy) is 1. The maximum absolute atomic E-state index is 8.69. The lowest BCUT2D eigenvalue weighted by molar-refractivity contribution is 0.318. The summed E-state index contributed by atoms with van der Waals surface area (Å²) in [6, 6.07) is 8.59. The number of hydrogen-bond donors (Lipinski definition) is 2.